The van der Waals surface area contributed by atoms with Crippen molar-refractivity contribution in [2.75, 3.05) is 10.6 Å². The molecule has 0 fully saturated rings. The van der Waals surface area contributed by atoms with Gasteiger partial charge in [0.25, 0.3) is 5.91 Å². The highest BCUT2D eigenvalue weighted by molar-refractivity contribution is 6.09. The van der Waals surface area contributed by atoms with E-state index in [0.29, 0.717) is 41.8 Å². The molecule has 0 unspecified atom stereocenters. The number of nitrogens with zero attached hydrogens (tertiary/aromatic N) is 1. The summed E-state index contributed by atoms with van der Waals surface area (Å²) in [4.78, 5) is 17.1. The van der Waals surface area contributed by atoms with Crippen LogP contribution in [-0.4, -0.2) is 10.9 Å². The lowest BCUT2D eigenvalue weighted by atomic mass is 10.0. The zero-order valence-electron chi connectivity index (χ0n) is 18.3. The Bertz CT molecular complexity index is 1200. The van der Waals surface area contributed by atoms with Gasteiger partial charge in [-0.15, -0.1) is 13.2 Å². The summed E-state index contributed by atoms with van der Waals surface area (Å²) in [5.41, 5.74) is 1.14. The highest BCUT2D eigenvalue weighted by atomic mass is 19.4. The highest BCUT2D eigenvalue weighted by Crippen LogP contribution is 2.34. The number of halogens is 4. The molecule has 1 heterocycles. The van der Waals surface area contributed by atoms with Crippen LogP contribution in [0.2, 0.25) is 0 Å². The average Bonchev–Trinajstić information content (AvgIpc) is 2.80. The molecule has 0 radical (unpaired) electrons. The molecule has 4 nitrogen and oxygen atoms in total. The predicted octanol–water partition coefficient (Wildman–Crippen LogP) is 7.08. The third-order valence-electron chi connectivity index (χ3n) is 5.06. The number of nitrogens with one attached hydrogen (secondary N) is 2. The van der Waals surface area contributed by atoms with Crippen LogP contribution in [-0.2, 0) is 19.0 Å². The maximum Gasteiger partial charge on any atom is 0.416 e. The van der Waals surface area contributed by atoms with Crippen molar-refractivity contribution in [3.63, 3.8) is 0 Å². The van der Waals surface area contributed by atoms with Crippen molar-refractivity contribution in [1.82, 2.24) is 4.98 Å². The number of allylic oxidation sites excluding steroid dienone is 2. The third-order valence-corrected chi connectivity index (χ3v) is 5.06. The maximum atomic E-state index is 13.8. The minimum atomic E-state index is -4.64. The normalized spacial score (nSPS) is 11.1. The van der Waals surface area contributed by atoms with Crippen molar-refractivity contribution in [3.8, 4) is 0 Å². The molecule has 2 aromatic carbocycles. The van der Waals surface area contributed by atoms with Crippen LogP contribution in [0.25, 0.3) is 0 Å². The lowest BCUT2D eigenvalue weighted by molar-refractivity contribution is -0.137. The summed E-state index contributed by atoms with van der Waals surface area (Å²) in [5.74, 6) is -1.18. The first-order valence-corrected chi connectivity index (χ1v) is 10.5. The van der Waals surface area contributed by atoms with Crippen LogP contribution in [0.3, 0.4) is 0 Å². The van der Waals surface area contributed by atoms with Crippen LogP contribution in [0.1, 0.15) is 33.5 Å². The molecule has 0 saturated carbocycles. The van der Waals surface area contributed by atoms with Crippen LogP contribution >= 0.6 is 0 Å². The second kappa shape index (κ2) is 10.8. The van der Waals surface area contributed by atoms with Crippen molar-refractivity contribution >= 4 is 23.0 Å². The molecule has 0 aliphatic rings. The Balaban J connectivity index is 2.02. The molecule has 3 rings (SSSR count). The molecule has 34 heavy (non-hydrogen) atoms. The van der Waals surface area contributed by atoms with Gasteiger partial charge in [-0.25, -0.2) is 4.39 Å². The van der Waals surface area contributed by atoms with Gasteiger partial charge in [0.05, 0.1) is 16.8 Å². The van der Waals surface area contributed by atoms with E-state index < -0.39 is 23.5 Å². The number of rotatable bonds is 9. The number of aromatic nitrogens is 1. The molecule has 8 heteroatoms. The smallest absolute Gasteiger partial charge is 0.355 e. The Morgan fingerprint density at radius 3 is 2.44 bits per heavy atom. The fourth-order valence-electron chi connectivity index (χ4n) is 3.37. The SMILES string of the molecule is C=CCCc1cc(F)ccc1Nc1ccc(C(F)(F)F)cc1C(=O)Nc1ccncc1CC=C. The minimum Gasteiger partial charge on any atom is -0.355 e. The molecule has 1 amide bonds. The van der Waals surface area contributed by atoms with E-state index in [-0.39, 0.29) is 11.3 Å². The van der Waals surface area contributed by atoms with Gasteiger partial charge in [-0.1, -0.05) is 12.2 Å². The third kappa shape index (κ3) is 6.10. The van der Waals surface area contributed by atoms with Gasteiger partial charge in [-0.3, -0.25) is 9.78 Å². The zero-order valence-corrected chi connectivity index (χ0v) is 18.3. The highest BCUT2D eigenvalue weighted by Gasteiger charge is 2.32. The Labute approximate surface area is 195 Å². The van der Waals surface area contributed by atoms with Crippen molar-refractivity contribution in [2.45, 2.75) is 25.4 Å². The van der Waals surface area contributed by atoms with Gasteiger partial charge >= 0.3 is 6.18 Å². The topological polar surface area (TPSA) is 54.0 Å². The summed E-state index contributed by atoms with van der Waals surface area (Å²) >= 11 is 0. The lowest BCUT2D eigenvalue weighted by Crippen LogP contribution is -2.17. The number of hydrogen-bond acceptors (Lipinski definition) is 3. The molecule has 176 valence electrons. The van der Waals surface area contributed by atoms with E-state index in [1.807, 2.05) is 0 Å². The second-order valence-corrected chi connectivity index (χ2v) is 7.49. The van der Waals surface area contributed by atoms with E-state index >= 15 is 0 Å². The molecule has 2 N–H and O–H groups in total. The first-order chi connectivity index (χ1) is 16.2. The standard InChI is InChI=1S/C26H23F4N3O/c1-3-5-7-17-14-20(27)9-11-22(17)32-24-10-8-19(26(28,29)30)15-21(24)25(34)33-23-12-13-31-16-18(23)6-4-2/h3-4,8-16,32H,1-2,5-7H2,(H,31,33,34). The Hall–Kier alpha value is -3.94. The number of aryl methyl sites for hydroxylation is 1. The summed E-state index contributed by atoms with van der Waals surface area (Å²) in [6.45, 7) is 7.32. The first kappa shape index (κ1) is 24.7. The van der Waals surface area contributed by atoms with E-state index in [9.17, 15) is 22.4 Å². The molecule has 0 saturated heterocycles. The number of amides is 1. The number of hydrogen-bond donors (Lipinski definition) is 2. The summed E-state index contributed by atoms with van der Waals surface area (Å²) in [7, 11) is 0. The summed E-state index contributed by atoms with van der Waals surface area (Å²) in [6, 6.07) is 8.50. The van der Waals surface area contributed by atoms with Gasteiger partial charge in [0.15, 0.2) is 0 Å². The van der Waals surface area contributed by atoms with Crippen LogP contribution in [0, 0.1) is 5.82 Å². The monoisotopic (exact) mass is 469 g/mol. The largest absolute Gasteiger partial charge is 0.416 e. The van der Waals surface area contributed by atoms with E-state index in [2.05, 4.69) is 28.8 Å². The molecular formula is C26H23F4N3O. The van der Waals surface area contributed by atoms with Crippen LogP contribution in [0.4, 0.5) is 34.6 Å². The Morgan fingerprint density at radius 2 is 1.74 bits per heavy atom. The van der Waals surface area contributed by atoms with E-state index in [4.69, 9.17) is 0 Å². The maximum absolute atomic E-state index is 13.8. The minimum absolute atomic E-state index is 0.149. The molecule has 3 aromatic rings. The van der Waals surface area contributed by atoms with Crippen LogP contribution < -0.4 is 10.6 Å². The van der Waals surface area contributed by atoms with Crippen LogP contribution in [0.15, 0.2) is 80.2 Å². The van der Waals surface area contributed by atoms with E-state index in [0.717, 1.165) is 12.1 Å². The fraction of sp³-hybridized carbons (Fsp3) is 0.154. The van der Waals surface area contributed by atoms with Gasteiger partial charge in [0, 0.05) is 23.8 Å². The number of carbonyl (C=O) groups excluding carboxylic acids is 1. The first-order valence-electron chi connectivity index (χ1n) is 10.5. The molecule has 0 aliphatic carbocycles. The Morgan fingerprint density at radius 1 is 0.971 bits per heavy atom. The zero-order chi connectivity index (χ0) is 24.7. The van der Waals surface area contributed by atoms with Crippen molar-refractivity contribution in [3.05, 3.63) is 108 Å². The number of carbonyl (C=O) groups is 1. The van der Waals surface area contributed by atoms with Crippen molar-refractivity contribution < 1.29 is 22.4 Å². The number of benzene rings is 2. The van der Waals surface area contributed by atoms with E-state index in [1.54, 1.807) is 24.4 Å². The molecular weight excluding hydrogens is 446 g/mol. The van der Waals surface area contributed by atoms with Gasteiger partial charge in [0.1, 0.15) is 5.82 Å². The van der Waals surface area contributed by atoms with E-state index in [1.165, 1.54) is 30.5 Å². The molecule has 0 spiro atoms. The second-order valence-electron chi connectivity index (χ2n) is 7.49. The summed E-state index contributed by atoms with van der Waals surface area (Å²) < 4.78 is 54.0. The Kier molecular flexibility index (Phi) is 7.83. The summed E-state index contributed by atoms with van der Waals surface area (Å²) in [6.07, 6.45) is 3.15. The number of pyridine rings is 1. The fourth-order valence-corrected chi connectivity index (χ4v) is 3.37. The quantitative estimate of drug-likeness (QED) is 0.260. The molecule has 0 atom stereocenters. The average molecular weight is 469 g/mol. The number of alkyl halides is 3. The summed E-state index contributed by atoms with van der Waals surface area (Å²) in [5, 5.41) is 5.67. The van der Waals surface area contributed by atoms with Gasteiger partial charge < -0.3 is 10.6 Å². The van der Waals surface area contributed by atoms with Gasteiger partial charge in [-0.05, 0) is 72.9 Å². The number of anilines is 3. The molecule has 0 bridgehead atoms. The van der Waals surface area contributed by atoms with Crippen LogP contribution in [0.5, 0.6) is 0 Å². The molecule has 0 aliphatic heterocycles. The van der Waals surface area contributed by atoms with Gasteiger partial charge in [-0.2, -0.15) is 13.2 Å². The van der Waals surface area contributed by atoms with Gasteiger partial charge in [0.2, 0.25) is 0 Å². The predicted molar refractivity (Wildman–Crippen MR) is 126 cm³/mol. The lowest BCUT2D eigenvalue weighted by Gasteiger charge is -2.18. The van der Waals surface area contributed by atoms with Crippen molar-refractivity contribution in [1.29, 1.82) is 0 Å². The van der Waals surface area contributed by atoms with Crippen molar-refractivity contribution in [2.24, 2.45) is 0 Å². The molecule has 1 aromatic heterocycles.